The van der Waals surface area contributed by atoms with Gasteiger partial charge in [0.05, 0.1) is 0 Å². The molecule has 2 rings (SSSR count). The zero-order valence-electron chi connectivity index (χ0n) is 16.5. The van der Waals surface area contributed by atoms with Crippen LogP contribution in [0.3, 0.4) is 0 Å². The van der Waals surface area contributed by atoms with Crippen molar-refractivity contribution >= 4 is 5.91 Å². The highest BCUT2D eigenvalue weighted by molar-refractivity contribution is 5.78. The highest BCUT2D eigenvalue weighted by Crippen LogP contribution is 2.25. The third-order valence-electron chi connectivity index (χ3n) is 5.15. The molecule has 0 bridgehead atoms. The van der Waals surface area contributed by atoms with Crippen LogP contribution < -0.4 is 15.4 Å². The minimum Gasteiger partial charge on any atom is -0.491 e. The van der Waals surface area contributed by atoms with E-state index in [0.29, 0.717) is 12.6 Å². The van der Waals surface area contributed by atoms with E-state index in [9.17, 15) is 9.90 Å². The molecule has 1 saturated carbocycles. The van der Waals surface area contributed by atoms with Gasteiger partial charge >= 0.3 is 0 Å². The van der Waals surface area contributed by atoms with E-state index in [1.54, 1.807) is 7.05 Å². The van der Waals surface area contributed by atoms with Crippen LogP contribution in [0.25, 0.3) is 0 Å². The van der Waals surface area contributed by atoms with Crippen LogP contribution in [-0.2, 0) is 10.2 Å². The molecule has 1 fully saturated rings. The van der Waals surface area contributed by atoms with Crippen molar-refractivity contribution in [3.05, 3.63) is 29.8 Å². The minimum absolute atomic E-state index is 0.124. The second kappa shape index (κ2) is 9.38. The first kappa shape index (κ1) is 20.7. The van der Waals surface area contributed by atoms with Crippen molar-refractivity contribution in [3.63, 3.8) is 0 Å². The molecule has 3 N–H and O–H groups in total. The molecular weight excluding hydrogens is 328 g/mol. The van der Waals surface area contributed by atoms with Crippen LogP contribution in [-0.4, -0.2) is 43.4 Å². The van der Waals surface area contributed by atoms with Gasteiger partial charge in [0.2, 0.25) is 5.91 Å². The minimum atomic E-state index is -0.547. The molecule has 1 aromatic rings. The summed E-state index contributed by atoms with van der Waals surface area (Å²) in [7, 11) is 1.69. The number of hydrogen-bond acceptors (Lipinski definition) is 4. The maximum atomic E-state index is 11.6. The molecule has 1 amide bonds. The Morgan fingerprint density at radius 3 is 2.35 bits per heavy atom. The van der Waals surface area contributed by atoms with Gasteiger partial charge in [-0.05, 0) is 48.8 Å². The van der Waals surface area contributed by atoms with Gasteiger partial charge in [-0.15, -0.1) is 0 Å². The van der Waals surface area contributed by atoms with Crippen LogP contribution in [0.15, 0.2) is 24.3 Å². The zero-order valence-corrected chi connectivity index (χ0v) is 16.5. The Morgan fingerprint density at radius 1 is 1.19 bits per heavy atom. The largest absolute Gasteiger partial charge is 0.491 e. The molecule has 0 spiro atoms. The Kier molecular flexibility index (Phi) is 7.47. The number of benzene rings is 1. The maximum Gasteiger partial charge on any atom is 0.222 e. The van der Waals surface area contributed by atoms with E-state index in [2.05, 4.69) is 43.5 Å². The predicted molar refractivity (Wildman–Crippen MR) is 104 cm³/mol. The molecule has 146 valence electrons. The number of nitrogens with one attached hydrogen (secondary N) is 2. The highest BCUT2D eigenvalue weighted by Gasteiger charge is 2.25. The van der Waals surface area contributed by atoms with Crippen molar-refractivity contribution in [3.8, 4) is 5.75 Å². The number of ether oxygens (including phenoxy) is 1. The van der Waals surface area contributed by atoms with Crippen molar-refractivity contribution in [1.29, 1.82) is 0 Å². The average molecular weight is 363 g/mol. The number of aliphatic hydroxyl groups is 1. The highest BCUT2D eigenvalue weighted by atomic mass is 16.5. The summed E-state index contributed by atoms with van der Waals surface area (Å²) in [6.45, 7) is 7.33. The number of amides is 1. The van der Waals surface area contributed by atoms with Crippen LogP contribution in [0, 0.1) is 5.92 Å². The fourth-order valence-corrected chi connectivity index (χ4v) is 3.37. The number of carbonyl (C=O) groups excluding carboxylic acids is 1. The first-order valence-electron chi connectivity index (χ1n) is 9.66. The van der Waals surface area contributed by atoms with Gasteiger partial charge in [0.1, 0.15) is 18.5 Å². The molecule has 1 unspecified atom stereocenters. The summed E-state index contributed by atoms with van der Waals surface area (Å²) in [5.41, 5.74) is 1.39. The molecule has 5 heteroatoms. The third kappa shape index (κ3) is 6.29. The lowest BCUT2D eigenvalue weighted by Crippen LogP contribution is -2.41. The fourth-order valence-electron chi connectivity index (χ4n) is 3.37. The van der Waals surface area contributed by atoms with Gasteiger partial charge in [-0.2, -0.15) is 0 Å². The Morgan fingerprint density at radius 2 is 1.81 bits per heavy atom. The molecule has 26 heavy (non-hydrogen) atoms. The topological polar surface area (TPSA) is 70.6 Å². The number of hydrogen-bond donors (Lipinski definition) is 3. The molecule has 0 aliphatic heterocycles. The summed E-state index contributed by atoms with van der Waals surface area (Å²) in [5.74, 6) is 1.07. The summed E-state index contributed by atoms with van der Waals surface area (Å²) < 4.78 is 5.70. The molecule has 0 heterocycles. The Labute approximate surface area is 157 Å². The third-order valence-corrected chi connectivity index (χ3v) is 5.15. The monoisotopic (exact) mass is 362 g/mol. The van der Waals surface area contributed by atoms with E-state index in [1.165, 1.54) is 5.56 Å². The number of rotatable bonds is 7. The van der Waals surface area contributed by atoms with E-state index in [1.807, 2.05) is 12.1 Å². The second-order valence-electron chi connectivity index (χ2n) is 8.31. The van der Waals surface area contributed by atoms with Gasteiger partial charge in [0.25, 0.3) is 0 Å². The standard InChI is InChI=1S/C21H34N2O3/c1-21(2,3)16-7-11-19(12-8-16)26-14-18(24)13-23-17-9-5-15(6-10-17)20(25)22-4/h7-8,11-12,15,17-18,23-24H,5-6,9-10,13-14H2,1-4H3,(H,22,25). The predicted octanol–water partition coefficient (Wildman–Crippen LogP) is 2.62. The van der Waals surface area contributed by atoms with E-state index >= 15 is 0 Å². The van der Waals surface area contributed by atoms with E-state index in [-0.39, 0.29) is 23.8 Å². The van der Waals surface area contributed by atoms with Gasteiger partial charge in [-0.1, -0.05) is 32.9 Å². The van der Waals surface area contributed by atoms with Crippen LogP contribution in [0.2, 0.25) is 0 Å². The first-order valence-corrected chi connectivity index (χ1v) is 9.66. The average Bonchev–Trinajstić information content (AvgIpc) is 2.64. The molecule has 1 aromatic carbocycles. The van der Waals surface area contributed by atoms with Crippen molar-refractivity contribution < 1.29 is 14.6 Å². The molecule has 0 radical (unpaired) electrons. The molecule has 1 aliphatic rings. The van der Waals surface area contributed by atoms with Gasteiger partial charge in [0, 0.05) is 25.6 Å². The quantitative estimate of drug-likeness (QED) is 0.697. The molecule has 0 saturated heterocycles. The Bertz CT molecular complexity index is 558. The molecule has 1 aliphatic carbocycles. The van der Waals surface area contributed by atoms with Crippen molar-refractivity contribution in [2.75, 3.05) is 20.2 Å². The Balaban J connectivity index is 1.66. The van der Waals surface area contributed by atoms with Crippen LogP contribution >= 0.6 is 0 Å². The van der Waals surface area contributed by atoms with E-state index in [0.717, 1.165) is 31.4 Å². The van der Waals surface area contributed by atoms with Gasteiger partial charge in [-0.25, -0.2) is 0 Å². The van der Waals surface area contributed by atoms with Crippen molar-refractivity contribution in [1.82, 2.24) is 10.6 Å². The lowest BCUT2D eigenvalue weighted by molar-refractivity contribution is -0.125. The smallest absolute Gasteiger partial charge is 0.222 e. The van der Waals surface area contributed by atoms with Crippen LogP contribution in [0.1, 0.15) is 52.0 Å². The van der Waals surface area contributed by atoms with Crippen LogP contribution in [0.5, 0.6) is 5.75 Å². The molecule has 0 aromatic heterocycles. The van der Waals surface area contributed by atoms with Gasteiger partial charge in [-0.3, -0.25) is 4.79 Å². The summed E-state index contributed by atoms with van der Waals surface area (Å²) in [5, 5.41) is 16.3. The van der Waals surface area contributed by atoms with Gasteiger partial charge in [0.15, 0.2) is 0 Å². The second-order valence-corrected chi connectivity index (χ2v) is 8.31. The first-order chi connectivity index (χ1) is 12.3. The molecular formula is C21H34N2O3. The lowest BCUT2D eigenvalue weighted by atomic mass is 9.85. The fraction of sp³-hybridized carbons (Fsp3) is 0.667. The normalized spacial score (nSPS) is 21.9. The number of aliphatic hydroxyl groups excluding tert-OH is 1. The summed E-state index contributed by atoms with van der Waals surface area (Å²) in [6.07, 6.45) is 3.21. The number of carbonyl (C=O) groups is 1. The summed E-state index contributed by atoms with van der Waals surface area (Å²) >= 11 is 0. The lowest BCUT2D eigenvalue weighted by Gasteiger charge is -2.28. The van der Waals surface area contributed by atoms with Gasteiger partial charge < -0.3 is 20.5 Å². The zero-order chi connectivity index (χ0) is 19.2. The molecule has 1 atom stereocenters. The van der Waals surface area contributed by atoms with E-state index in [4.69, 9.17) is 4.74 Å². The SMILES string of the molecule is CNC(=O)C1CCC(NCC(O)COc2ccc(C(C)(C)C)cc2)CC1. The Hall–Kier alpha value is -1.59. The van der Waals surface area contributed by atoms with Crippen molar-refractivity contribution in [2.24, 2.45) is 5.92 Å². The molecule has 5 nitrogen and oxygen atoms in total. The summed E-state index contributed by atoms with van der Waals surface area (Å²) in [6, 6.07) is 8.44. The van der Waals surface area contributed by atoms with E-state index < -0.39 is 6.10 Å². The maximum absolute atomic E-state index is 11.6. The van der Waals surface area contributed by atoms with Crippen LogP contribution in [0.4, 0.5) is 0 Å². The van der Waals surface area contributed by atoms with Crippen molar-refractivity contribution in [2.45, 2.75) is 64.0 Å². The summed E-state index contributed by atoms with van der Waals surface area (Å²) in [4.78, 5) is 11.6.